The summed E-state index contributed by atoms with van der Waals surface area (Å²) in [7, 11) is -4.55. The molecule has 18 nitrogen and oxygen atoms in total. The summed E-state index contributed by atoms with van der Waals surface area (Å²) >= 11 is 0. The number of phosphoric ester groups is 1. The van der Waals surface area contributed by atoms with Gasteiger partial charge in [0.2, 0.25) is 0 Å². The van der Waals surface area contributed by atoms with Gasteiger partial charge in [-0.3, -0.25) is 47.1 Å². The number of aliphatic hydroxyl groups excluding tert-OH is 1. The molecule has 1 unspecified atom stereocenters. The van der Waals surface area contributed by atoms with Crippen LogP contribution in [-0.2, 0) is 37.1 Å². The number of phosphoric acid groups is 1. The minimum Gasteiger partial charge on any atom is -0.460 e. The molecule has 19 heteroatoms. The second kappa shape index (κ2) is 13.9. The molecule has 0 aromatic carbocycles. The van der Waals surface area contributed by atoms with Crippen LogP contribution < -0.4 is 22.5 Å². The van der Waals surface area contributed by atoms with Crippen molar-refractivity contribution in [3.8, 4) is 6.07 Å². The number of rotatable bonds is 12. The third-order valence-corrected chi connectivity index (χ3v) is 8.39. The first-order chi connectivity index (χ1) is 20.8. The van der Waals surface area contributed by atoms with Crippen LogP contribution in [0.3, 0.4) is 0 Å². The monoisotopic (exact) mass is 641 g/mol. The maximum atomic E-state index is 13.8. The number of nitrogens with zero attached hydrogens (tertiary/aromatic N) is 3. The molecule has 2 saturated heterocycles. The summed E-state index contributed by atoms with van der Waals surface area (Å²) in [5.41, 5.74) is -2.23. The lowest BCUT2D eigenvalue weighted by molar-refractivity contribution is -0.150. The summed E-state index contributed by atoms with van der Waals surface area (Å²) in [6, 6.07) is 1.83. The molecular formula is C25H32N5O13P. The van der Waals surface area contributed by atoms with Gasteiger partial charge in [-0.1, -0.05) is 0 Å². The quantitative estimate of drug-likeness (QED) is 0.152. The van der Waals surface area contributed by atoms with Crippen molar-refractivity contribution in [3.05, 3.63) is 65.2 Å². The van der Waals surface area contributed by atoms with E-state index >= 15 is 0 Å². The van der Waals surface area contributed by atoms with E-state index < -0.39 is 86.4 Å². The standard InChI is InChI=1S/C25H32N5O13P/c1-13-9-29(24(35)27-22(13)33)20-7-16(40-15(3)32)19(42-20)12-39-44(37,38-6-4-5-26)43-17-8-21(41-18(17)11-31)30-10-14(2)23(34)28-25(30)36/h9-10,16-21,31H,4,6-8,11-12H2,1-3H3,(H,27,33,35)(H,28,34,36)/t16-,17-,18+,19+,20+,21+,44?/m0/s1. The number of aryl methyl sites for hydroxylation is 2. The molecule has 7 atom stereocenters. The Balaban J connectivity index is 1.53. The van der Waals surface area contributed by atoms with E-state index in [1.807, 2.05) is 6.07 Å². The van der Waals surface area contributed by atoms with Crippen molar-refractivity contribution >= 4 is 13.8 Å². The summed E-state index contributed by atoms with van der Waals surface area (Å²) in [6.45, 7) is 2.65. The molecular weight excluding hydrogens is 609 g/mol. The molecule has 0 bridgehead atoms. The van der Waals surface area contributed by atoms with E-state index in [0.29, 0.717) is 0 Å². The maximum absolute atomic E-state index is 13.8. The minimum atomic E-state index is -4.55. The van der Waals surface area contributed by atoms with Gasteiger partial charge in [0, 0.05) is 43.3 Å². The fourth-order valence-electron chi connectivity index (χ4n) is 4.74. The first-order valence-corrected chi connectivity index (χ1v) is 15.0. The van der Waals surface area contributed by atoms with E-state index in [2.05, 4.69) is 9.97 Å². The number of H-pyrrole nitrogens is 2. The Hall–Kier alpha value is -3.69. The number of ether oxygens (including phenoxy) is 3. The summed E-state index contributed by atoms with van der Waals surface area (Å²) in [6.07, 6.45) is -4.02. The highest BCUT2D eigenvalue weighted by Crippen LogP contribution is 2.53. The zero-order valence-electron chi connectivity index (χ0n) is 24.0. The van der Waals surface area contributed by atoms with E-state index in [4.69, 9.17) is 33.0 Å². The Morgan fingerprint density at radius 1 is 1.00 bits per heavy atom. The minimum absolute atomic E-state index is 0.0164. The molecule has 0 spiro atoms. The molecule has 0 amide bonds. The van der Waals surface area contributed by atoms with Gasteiger partial charge in [-0.05, 0) is 13.8 Å². The number of hydrogen-bond acceptors (Lipinski definition) is 14. The van der Waals surface area contributed by atoms with E-state index in [9.17, 15) is 33.6 Å². The number of hydrogen-bond donors (Lipinski definition) is 3. The Morgan fingerprint density at radius 2 is 1.55 bits per heavy atom. The van der Waals surface area contributed by atoms with Crippen LogP contribution in [0.15, 0.2) is 31.6 Å². The third kappa shape index (κ3) is 7.68. The molecule has 2 aliphatic heterocycles. The number of nitrogens with one attached hydrogen (secondary N) is 2. The van der Waals surface area contributed by atoms with Crippen molar-refractivity contribution in [2.45, 2.75) is 76.9 Å². The highest BCUT2D eigenvalue weighted by Gasteiger charge is 2.45. The third-order valence-electron chi connectivity index (χ3n) is 6.90. The zero-order chi connectivity index (χ0) is 32.2. The first kappa shape index (κ1) is 33.2. The average molecular weight is 642 g/mol. The van der Waals surface area contributed by atoms with Crippen LogP contribution in [0.25, 0.3) is 0 Å². The van der Waals surface area contributed by atoms with Crippen LogP contribution in [0.4, 0.5) is 0 Å². The fourth-order valence-corrected chi connectivity index (χ4v) is 6.13. The average Bonchev–Trinajstić information content (AvgIpc) is 3.54. The molecule has 44 heavy (non-hydrogen) atoms. The van der Waals surface area contributed by atoms with E-state index in [1.165, 1.54) is 33.2 Å². The molecule has 2 aliphatic rings. The molecule has 0 saturated carbocycles. The van der Waals surface area contributed by atoms with Gasteiger partial charge in [-0.25, -0.2) is 14.2 Å². The van der Waals surface area contributed by atoms with Crippen LogP contribution in [0.2, 0.25) is 0 Å². The van der Waals surface area contributed by atoms with Crippen molar-refractivity contribution in [1.82, 2.24) is 19.1 Å². The van der Waals surface area contributed by atoms with Gasteiger partial charge in [0.05, 0.1) is 32.3 Å². The number of esters is 1. The van der Waals surface area contributed by atoms with Gasteiger partial charge in [-0.15, -0.1) is 0 Å². The van der Waals surface area contributed by atoms with Gasteiger partial charge in [0.25, 0.3) is 11.1 Å². The summed E-state index contributed by atoms with van der Waals surface area (Å²) in [5.74, 6) is -0.661. The lowest BCUT2D eigenvalue weighted by Crippen LogP contribution is -2.33. The Morgan fingerprint density at radius 3 is 2.07 bits per heavy atom. The number of aromatic nitrogens is 4. The first-order valence-electron chi connectivity index (χ1n) is 13.5. The van der Waals surface area contributed by atoms with Crippen molar-refractivity contribution in [3.63, 3.8) is 0 Å². The second-order valence-corrected chi connectivity index (χ2v) is 11.8. The fraction of sp³-hybridized carbons (Fsp3) is 0.600. The van der Waals surface area contributed by atoms with Crippen LogP contribution in [0.1, 0.15) is 49.8 Å². The van der Waals surface area contributed by atoms with Crippen molar-refractivity contribution < 1.29 is 42.2 Å². The SMILES string of the molecule is CC(=O)O[C@H]1C[C@H](n2cc(C)c(=O)[nH]c2=O)O[C@@H]1COP(=O)(OCCC#N)O[C@H]1C[C@H](n2cc(C)c(=O)[nH]c2=O)O[C@@H]1CO. The number of carbonyl (C=O) groups is 1. The number of aliphatic hydroxyl groups is 1. The molecule has 0 aliphatic carbocycles. The van der Waals surface area contributed by atoms with Crippen LogP contribution in [0, 0.1) is 25.2 Å². The second-order valence-electron chi connectivity index (χ2n) is 10.1. The highest BCUT2D eigenvalue weighted by atomic mass is 31.2. The van der Waals surface area contributed by atoms with Crippen molar-refractivity contribution in [2.24, 2.45) is 0 Å². The molecule has 2 aromatic heterocycles. The summed E-state index contributed by atoms with van der Waals surface area (Å²) in [5, 5.41) is 18.9. The highest BCUT2D eigenvalue weighted by molar-refractivity contribution is 7.48. The number of nitriles is 1. The van der Waals surface area contributed by atoms with E-state index in [-0.39, 0.29) is 37.0 Å². The molecule has 2 aromatic rings. The van der Waals surface area contributed by atoms with Gasteiger partial charge in [0.1, 0.15) is 36.9 Å². The molecule has 3 N–H and O–H groups in total. The van der Waals surface area contributed by atoms with Crippen LogP contribution in [-0.4, -0.2) is 74.4 Å². The van der Waals surface area contributed by atoms with Crippen LogP contribution in [0.5, 0.6) is 0 Å². The molecule has 4 heterocycles. The molecule has 4 rings (SSSR count). The lowest BCUT2D eigenvalue weighted by atomic mass is 10.2. The molecule has 240 valence electrons. The lowest BCUT2D eigenvalue weighted by Gasteiger charge is -2.25. The van der Waals surface area contributed by atoms with Gasteiger partial charge < -0.3 is 19.3 Å². The van der Waals surface area contributed by atoms with Crippen molar-refractivity contribution in [2.75, 3.05) is 19.8 Å². The molecule has 2 fully saturated rings. The predicted molar refractivity (Wildman–Crippen MR) is 146 cm³/mol. The normalized spacial score (nSPS) is 26.2. The van der Waals surface area contributed by atoms with Gasteiger partial charge in [-0.2, -0.15) is 5.26 Å². The topological polar surface area (TPSA) is 243 Å². The Kier molecular flexibility index (Phi) is 10.5. The van der Waals surface area contributed by atoms with E-state index in [1.54, 1.807) is 0 Å². The van der Waals surface area contributed by atoms with E-state index in [0.717, 1.165) is 9.13 Å². The Bertz CT molecular complexity index is 1690. The van der Waals surface area contributed by atoms with Crippen molar-refractivity contribution in [1.29, 1.82) is 5.26 Å². The largest absolute Gasteiger partial charge is 0.475 e. The number of aromatic amines is 2. The maximum Gasteiger partial charge on any atom is 0.475 e. The zero-order valence-corrected chi connectivity index (χ0v) is 24.9. The smallest absolute Gasteiger partial charge is 0.460 e. The summed E-state index contributed by atoms with van der Waals surface area (Å²) in [4.78, 5) is 64.5. The Labute approximate surface area is 248 Å². The van der Waals surface area contributed by atoms with Gasteiger partial charge in [0.15, 0.2) is 0 Å². The summed E-state index contributed by atoms with van der Waals surface area (Å²) < 4.78 is 49.6. The van der Waals surface area contributed by atoms with Gasteiger partial charge >= 0.3 is 25.2 Å². The predicted octanol–water partition coefficient (Wildman–Crippen LogP) is -0.357. The van der Waals surface area contributed by atoms with Crippen LogP contribution >= 0.6 is 7.82 Å². The number of carbonyl (C=O) groups excluding carboxylic acids is 1. The molecule has 0 radical (unpaired) electrons.